The number of alkyl halides is 6. The van der Waals surface area contributed by atoms with Crippen LogP contribution in [0.5, 0.6) is 0 Å². The fourth-order valence-electron chi connectivity index (χ4n) is 0.334. The minimum Gasteiger partial charge on any atom is -0.290 e. The van der Waals surface area contributed by atoms with Crippen molar-refractivity contribution in [2.75, 3.05) is 21.1 Å². The Balaban J connectivity index is 0. The number of hydrogen-bond donors (Lipinski definition) is 0. The molecular formula is C5H9Br2Cl2F2O4P. The van der Waals surface area contributed by atoms with Gasteiger partial charge in [-0.05, 0) is 15.9 Å². The highest BCUT2D eigenvalue weighted by Crippen LogP contribution is 2.53. The van der Waals surface area contributed by atoms with Crippen LogP contribution < -0.4 is 0 Å². The molecule has 4 nitrogen and oxygen atoms in total. The zero-order chi connectivity index (χ0) is 13.4. The Hall–Kier alpha value is 1.51. The van der Waals surface area contributed by atoms with Crippen LogP contribution in [0.15, 0.2) is 0 Å². The van der Waals surface area contributed by atoms with Crippen molar-refractivity contribution in [3.05, 3.63) is 0 Å². The van der Waals surface area contributed by atoms with E-state index in [0.717, 1.165) is 0 Å². The van der Waals surface area contributed by atoms with Gasteiger partial charge in [0.25, 0.3) is 0 Å². The van der Waals surface area contributed by atoms with E-state index in [-0.39, 0.29) is 0 Å². The Labute approximate surface area is 119 Å². The maximum absolute atomic E-state index is 11.4. The van der Waals surface area contributed by atoms with Gasteiger partial charge < -0.3 is 0 Å². The summed E-state index contributed by atoms with van der Waals surface area (Å²) in [6.07, 6.45) is 0. The van der Waals surface area contributed by atoms with Crippen molar-refractivity contribution in [2.45, 2.75) is 8.26 Å². The van der Waals surface area contributed by atoms with Gasteiger partial charge in [0.05, 0.1) is 0 Å². The Morgan fingerprint density at radius 3 is 1.88 bits per heavy atom. The predicted molar refractivity (Wildman–Crippen MR) is 65.9 cm³/mol. The minimum atomic E-state index is -3.58. The van der Waals surface area contributed by atoms with Crippen LogP contribution in [0.2, 0.25) is 0 Å². The number of rotatable bonds is 5. The quantitative estimate of drug-likeness (QED) is 0.473. The predicted octanol–water partition coefficient (Wildman–Crippen LogP) is 4.53. The molecule has 1 atom stereocenters. The molecule has 0 heterocycles. The summed E-state index contributed by atoms with van der Waals surface area (Å²) in [6.45, 7) is -1.75. The van der Waals surface area contributed by atoms with Gasteiger partial charge in [0.2, 0.25) is 10.2 Å². The van der Waals surface area contributed by atoms with Crippen LogP contribution in [0.3, 0.4) is 0 Å². The molecule has 0 aromatic rings. The number of phosphoric ester groups is 1. The molecule has 0 rings (SSSR count). The van der Waals surface area contributed by atoms with E-state index >= 15 is 0 Å². The Morgan fingerprint density at radius 1 is 1.38 bits per heavy atom. The van der Waals surface area contributed by atoms with Gasteiger partial charge in [-0.15, -0.1) is 0 Å². The Kier molecular flexibility index (Phi) is 11.7. The average Bonchev–Trinajstić information content (AvgIpc) is 2.17. The third-order valence-corrected chi connectivity index (χ3v) is 5.41. The van der Waals surface area contributed by atoms with E-state index < -0.39 is 23.0 Å². The molecule has 0 aromatic heterocycles. The van der Waals surface area contributed by atoms with Gasteiger partial charge in [0, 0.05) is 14.2 Å². The summed E-state index contributed by atoms with van der Waals surface area (Å²) < 4.78 is 43.0. The van der Waals surface area contributed by atoms with Crippen molar-refractivity contribution in [1.82, 2.24) is 0 Å². The lowest BCUT2D eigenvalue weighted by atomic mass is 10.9. The first-order chi connectivity index (χ1) is 7.16. The minimum absolute atomic E-state index is 0.936. The van der Waals surface area contributed by atoms with E-state index in [1.54, 1.807) is 0 Å². The lowest BCUT2D eigenvalue weighted by Crippen LogP contribution is -2.21. The second kappa shape index (κ2) is 9.44. The van der Waals surface area contributed by atoms with Crippen molar-refractivity contribution < 1.29 is 26.9 Å². The molecule has 0 aliphatic rings. The van der Waals surface area contributed by atoms with E-state index in [2.05, 4.69) is 40.9 Å². The van der Waals surface area contributed by atoms with Crippen molar-refractivity contribution >= 4 is 62.9 Å². The van der Waals surface area contributed by atoms with E-state index in [9.17, 15) is 13.3 Å². The van der Waals surface area contributed by atoms with Crippen molar-refractivity contribution in [3.8, 4) is 0 Å². The first-order valence-corrected chi connectivity index (χ1v) is 7.32. The molecule has 0 spiro atoms. The summed E-state index contributed by atoms with van der Waals surface area (Å²) in [5.74, 6) is 0. The molecular weight excluding hydrogens is 424 g/mol. The van der Waals surface area contributed by atoms with Crippen molar-refractivity contribution in [2.24, 2.45) is 0 Å². The summed E-state index contributed by atoms with van der Waals surface area (Å²) in [4.78, 5) is 0. The zero-order valence-corrected chi connectivity index (χ0v) is 13.7. The van der Waals surface area contributed by atoms with Crippen LogP contribution in [0.25, 0.3) is 0 Å². The van der Waals surface area contributed by atoms with Crippen LogP contribution in [0, 0.1) is 0 Å². The van der Waals surface area contributed by atoms with Gasteiger partial charge in [-0.25, -0.2) is 13.3 Å². The molecule has 0 aliphatic heterocycles. The van der Waals surface area contributed by atoms with E-state index in [1.807, 2.05) is 0 Å². The van der Waals surface area contributed by atoms with Gasteiger partial charge in [0.15, 0.2) is 5.01 Å². The topological polar surface area (TPSA) is 44.8 Å². The third kappa shape index (κ3) is 9.53. The maximum atomic E-state index is 11.4. The molecule has 0 aromatic carbocycles. The van der Waals surface area contributed by atoms with E-state index in [1.165, 1.54) is 14.2 Å². The highest BCUT2D eigenvalue weighted by atomic mass is 79.9. The summed E-state index contributed by atoms with van der Waals surface area (Å²) in [5, 5.41) is -0.936. The molecule has 0 radical (unpaired) electrons. The van der Waals surface area contributed by atoms with Crippen LogP contribution in [0.1, 0.15) is 0 Å². The monoisotopic (exact) mass is 430 g/mol. The fraction of sp³-hybridized carbons (Fsp3) is 1.00. The summed E-state index contributed by atoms with van der Waals surface area (Å²) in [6, 6.07) is 0. The third-order valence-electron chi connectivity index (χ3n) is 0.926. The molecule has 100 valence electrons. The second-order valence-electron chi connectivity index (χ2n) is 1.88. The Bertz CT molecular complexity index is 223. The normalized spacial score (nSPS) is 14.0. The first-order valence-electron chi connectivity index (χ1n) is 3.39. The standard InChI is InChI=1S/C4H7Br2Cl2O4P.CH2F2/c1-10-13(9,11-2)12-3(5)4(6,7)8;2-1-3/h3H,1-2H3;1H2. The van der Waals surface area contributed by atoms with E-state index in [4.69, 9.17) is 27.7 Å². The molecule has 1 unspecified atom stereocenters. The van der Waals surface area contributed by atoms with Crippen molar-refractivity contribution in [3.63, 3.8) is 0 Å². The van der Waals surface area contributed by atoms with Crippen molar-refractivity contribution in [1.29, 1.82) is 0 Å². The number of phosphoric acid groups is 1. The first kappa shape index (κ1) is 19.8. The smallest absolute Gasteiger partial charge is 0.290 e. The van der Waals surface area contributed by atoms with Gasteiger partial charge in [0.1, 0.15) is 0 Å². The largest absolute Gasteiger partial charge is 0.475 e. The highest BCUT2D eigenvalue weighted by Gasteiger charge is 2.38. The molecule has 0 fully saturated rings. The van der Waals surface area contributed by atoms with Crippen LogP contribution >= 0.6 is 62.9 Å². The SMILES string of the molecule is COP(=O)(OC)OC(Br)C(Cl)(Cl)Br.FCF. The van der Waals surface area contributed by atoms with Crippen LogP contribution in [-0.2, 0) is 18.1 Å². The maximum Gasteiger partial charge on any atom is 0.475 e. The second-order valence-corrected chi connectivity index (χ2v) is 8.09. The molecule has 0 saturated carbocycles. The van der Waals surface area contributed by atoms with Gasteiger partial charge in [-0.3, -0.25) is 13.6 Å². The molecule has 0 saturated heterocycles. The molecule has 0 amide bonds. The molecule has 11 heteroatoms. The van der Waals surface area contributed by atoms with Crippen LogP contribution in [0.4, 0.5) is 8.78 Å². The average molecular weight is 433 g/mol. The molecule has 0 bridgehead atoms. The zero-order valence-electron chi connectivity index (χ0n) is 8.13. The van der Waals surface area contributed by atoms with Gasteiger partial charge >= 0.3 is 7.82 Å². The fourth-order valence-corrected chi connectivity index (χ4v) is 2.11. The lowest BCUT2D eigenvalue weighted by Gasteiger charge is -2.22. The van der Waals surface area contributed by atoms with E-state index in [0.29, 0.717) is 0 Å². The summed E-state index contributed by atoms with van der Waals surface area (Å²) in [7, 11) is -1.21. The Morgan fingerprint density at radius 2 is 1.69 bits per heavy atom. The molecule has 0 aliphatic carbocycles. The van der Waals surface area contributed by atoms with Gasteiger partial charge in [-0.1, -0.05) is 39.1 Å². The molecule has 16 heavy (non-hydrogen) atoms. The summed E-state index contributed by atoms with van der Waals surface area (Å²) >= 11 is 17.0. The summed E-state index contributed by atoms with van der Waals surface area (Å²) in [5.41, 5.74) is 0. The highest BCUT2D eigenvalue weighted by molar-refractivity contribution is 9.13. The number of halogens is 6. The van der Waals surface area contributed by atoms with Crippen LogP contribution in [-0.4, -0.2) is 29.4 Å². The van der Waals surface area contributed by atoms with Gasteiger partial charge in [-0.2, -0.15) is 0 Å². The molecule has 0 N–H and O–H groups in total. The number of hydrogen-bond acceptors (Lipinski definition) is 4. The lowest BCUT2D eigenvalue weighted by molar-refractivity contribution is 0.146.